The maximum atomic E-state index is 2.26. The van der Waals surface area contributed by atoms with E-state index in [1.807, 2.05) is 11.3 Å². The fourth-order valence-corrected chi connectivity index (χ4v) is 4.78. The Hall–Kier alpha value is -2.90. The predicted molar refractivity (Wildman–Crippen MR) is 114 cm³/mol. The van der Waals surface area contributed by atoms with Crippen LogP contribution in [0, 0.1) is 0 Å². The first-order valence-corrected chi connectivity index (χ1v) is 9.74. The third-order valence-corrected chi connectivity index (χ3v) is 6.05. The Labute approximate surface area is 157 Å². The lowest BCUT2D eigenvalue weighted by Gasteiger charge is -2.07. The van der Waals surface area contributed by atoms with Gasteiger partial charge in [0.2, 0.25) is 0 Å². The molecule has 0 spiro atoms. The van der Waals surface area contributed by atoms with Crippen molar-refractivity contribution in [3.8, 4) is 11.1 Å². The van der Waals surface area contributed by atoms with Gasteiger partial charge in [-0.05, 0) is 40.8 Å². The highest BCUT2D eigenvalue weighted by Gasteiger charge is 2.10. The molecule has 0 amide bonds. The lowest BCUT2D eigenvalue weighted by molar-refractivity contribution is 1.19. The smallest absolute Gasteiger partial charge is 0.0361 e. The molecule has 0 nitrogen and oxygen atoms in total. The second kappa shape index (κ2) is 6.44. The number of benzene rings is 4. The molecule has 0 radical (unpaired) electrons. The molecule has 0 aliphatic carbocycles. The summed E-state index contributed by atoms with van der Waals surface area (Å²) in [5.74, 6) is 0. The van der Waals surface area contributed by atoms with Crippen LogP contribution in [0.4, 0.5) is 0 Å². The molecular weight excluding hydrogens is 332 g/mol. The first-order valence-electron chi connectivity index (χ1n) is 8.92. The molecule has 26 heavy (non-hydrogen) atoms. The summed E-state index contributed by atoms with van der Waals surface area (Å²) >= 11 is 1.88. The van der Waals surface area contributed by atoms with Gasteiger partial charge >= 0.3 is 0 Å². The normalized spacial score (nSPS) is 11.2. The van der Waals surface area contributed by atoms with Gasteiger partial charge in [-0.15, -0.1) is 11.3 Å². The Morgan fingerprint density at radius 3 is 2.08 bits per heavy atom. The van der Waals surface area contributed by atoms with Crippen LogP contribution in [0.15, 0.2) is 97.1 Å². The van der Waals surface area contributed by atoms with Gasteiger partial charge in [0.05, 0.1) is 0 Å². The van der Waals surface area contributed by atoms with Crippen LogP contribution < -0.4 is 0 Å². The Morgan fingerprint density at radius 2 is 1.23 bits per heavy atom. The number of hydrogen-bond acceptors (Lipinski definition) is 1. The van der Waals surface area contributed by atoms with Crippen molar-refractivity contribution in [2.24, 2.45) is 0 Å². The van der Waals surface area contributed by atoms with Gasteiger partial charge in [-0.2, -0.15) is 0 Å². The minimum atomic E-state index is 0.979. The van der Waals surface area contributed by atoms with Gasteiger partial charge in [0.25, 0.3) is 0 Å². The maximum absolute atomic E-state index is 2.26. The highest BCUT2D eigenvalue weighted by atomic mass is 32.1. The Kier molecular flexibility index (Phi) is 3.80. The van der Waals surface area contributed by atoms with Gasteiger partial charge in [0.1, 0.15) is 0 Å². The predicted octanol–water partition coefficient (Wildman–Crippen LogP) is 7.31. The summed E-state index contributed by atoms with van der Waals surface area (Å²) in [7, 11) is 0. The minimum Gasteiger partial charge on any atom is -0.135 e. The van der Waals surface area contributed by atoms with Gasteiger partial charge in [-0.3, -0.25) is 0 Å². The molecule has 0 bridgehead atoms. The second-order valence-corrected chi connectivity index (χ2v) is 7.72. The summed E-state index contributed by atoms with van der Waals surface area (Å²) in [5, 5.41) is 2.74. The summed E-state index contributed by atoms with van der Waals surface area (Å²) in [6, 6.07) is 35.0. The molecule has 1 heteroatoms. The van der Waals surface area contributed by atoms with Crippen LogP contribution in [0.1, 0.15) is 11.1 Å². The Bertz CT molecular complexity index is 1180. The SMILES string of the molecule is c1ccc(Cc2ccc(-c3cccc4sc5ccccc5c34)cc2)cc1. The molecule has 0 N–H and O–H groups in total. The molecule has 124 valence electrons. The monoisotopic (exact) mass is 350 g/mol. The van der Waals surface area contributed by atoms with E-state index in [0.29, 0.717) is 0 Å². The molecule has 0 fully saturated rings. The molecule has 0 saturated heterocycles. The molecule has 0 unspecified atom stereocenters. The van der Waals surface area contributed by atoms with Crippen molar-refractivity contribution >= 4 is 31.5 Å². The van der Waals surface area contributed by atoms with Crippen molar-refractivity contribution in [3.05, 3.63) is 108 Å². The van der Waals surface area contributed by atoms with E-state index in [2.05, 4.69) is 97.1 Å². The van der Waals surface area contributed by atoms with E-state index in [4.69, 9.17) is 0 Å². The zero-order valence-electron chi connectivity index (χ0n) is 14.4. The second-order valence-electron chi connectivity index (χ2n) is 6.64. The molecule has 0 aliphatic heterocycles. The van der Waals surface area contributed by atoms with E-state index in [-0.39, 0.29) is 0 Å². The average Bonchev–Trinajstić information content (AvgIpc) is 3.08. The van der Waals surface area contributed by atoms with E-state index in [1.54, 1.807) is 0 Å². The molecule has 0 saturated carbocycles. The molecule has 4 aromatic carbocycles. The van der Waals surface area contributed by atoms with E-state index < -0.39 is 0 Å². The summed E-state index contributed by atoms with van der Waals surface area (Å²) < 4.78 is 2.72. The lowest BCUT2D eigenvalue weighted by atomic mass is 9.97. The number of hydrogen-bond donors (Lipinski definition) is 0. The number of fused-ring (bicyclic) bond motifs is 3. The van der Waals surface area contributed by atoms with E-state index in [9.17, 15) is 0 Å². The van der Waals surface area contributed by atoms with Crippen LogP contribution in [-0.2, 0) is 6.42 Å². The largest absolute Gasteiger partial charge is 0.135 e. The summed E-state index contributed by atoms with van der Waals surface area (Å²) in [4.78, 5) is 0. The van der Waals surface area contributed by atoms with E-state index in [1.165, 1.54) is 42.4 Å². The maximum Gasteiger partial charge on any atom is 0.0361 e. The first-order chi connectivity index (χ1) is 12.9. The van der Waals surface area contributed by atoms with Gasteiger partial charge in [0.15, 0.2) is 0 Å². The van der Waals surface area contributed by atoms with Crippen LogP contribution in [0.3, 0.4) is 0 Å². The molecule has 1 heterocycles. The van der Waals surface area contributed by atoms with Crippen LogP contribution >= 0.6 is 11.3 Å². The number of rotatable bonds is 3. The van der Waals surface area contributed by atoms with Crippen molar-refractivity contribution in [3.63, 3.8) is 0 Å². The average molecular weight is 350 g/mol. The molecular formula is C25H18S. The first kappa shape index (κ1) is 15.4. The van der Waals surface area contributed by atoms with Gasteiger partial charge in [-0.1, -0.05) is 84.9 Å². The van der Waals surface area contributed by atoms with Crippen LogP contribution in [0.25, 0.3) is 31.3 Å². The van der Waals surface area contributed by atoms with Gasteiger partial charge in [-0.25, -0.2) is 0 Å². The van der Waals surface area contributed by atoms with Crippen molar-refractivity contribution in [2.75, 3.05) is 0 Å². The van der Waals surface area contributed by atoms with E-state index >= 15 is 0 Å². The fourth-order valence-electron chi connectivity index (χ4n) is 3.65. The fraction of sp³-hybridized carbons (Fsp3) is 0.0400. The van der Waals surface area contributed by atoms with Gasteiger partial charge in [0, 0.05) is 20.2 Å². The Balaban J connectivity index is 1.58. The molecule has 5 rings (SSSR count). The number of thiophene rings is 1. The topological polar surface area (TPSA) is 0 Å². The van der Waals surface area contributed by atoms with E-state index in [0.717, 1.165) is 6.42 Å². The van der Waals surface area contributed by atoms with Crippen molar-refractivity contribution < 1.29 is 0 Å². The summed E-state index contributed by atoms with van der Waals surface area (Å²) in [5.41, 5.74) is 5.32. The highest BCUT2D eigenvalue weighted by Crippen LogP contribution is 2.39. The lowest BCUT2D eigenvalue weighted by Crippen LogP contribution is -1.88. The van der Waals surface area contributed by atoms with Crippen LogP contribution in [0.2, 0.25) is 0 Å². The molecule has 0 atom stereocenters. The zero-order valence-corrected chi connectivity index (χ0v) is 15.2. The zero-order chi connectivity index (χ0) is 17.3. The quantitative estimate of drug-likeness (QED) is 0.320. The summed E-state index contributed by atoms with van der Waals surface area (Å²) in [6.45, 7) is 0. The standard InChI is InChI=1S/C25H18S/c1-2-7-18(8-3-1)17-19-13-15-20(16-14-19)21-10-6-12-24-25(21)22-9-4-5-11-23(22)26-24/h1-16H,17H2. The van der Waals surface area contributed by atoms with Gasteiger partial charge < -0.3 is 0 Å². The van der Waals surface area contributed by atoms with Crippen molar-refractivity contribution in [1.29, 1.82) is 0 Å². The molecule has 1 aromatic heterocycles. The molecule has 0 aliphatic rings. The minimum absolute atomic E-state index is 0.979. The van der Waals surface area contributed by atoms with Crippen LogP contribution in [0.5, 0.6) is 0 Å². The van der Waals surface area contributed by atoms with Crippen molar-refractivity contribution in [2.45, 2.75) is 6.42 Å². The van der Waals surface area contributed by atoms with Crippen molar-refractivity contribution in [1.82, 2.24) is 0 Å². The third-order valence-electron chi connectivity index (χ3n) is 4.92. The molecule has 5 aromatic rings. The summed E-state index contributed by atoms with van der Waals surface area (Å²) in [6.07, 6.45) is 0.979. The Morgan fingerprint density at radius 1 is 0.538 bits per heavy atom. The highest BCUT2D eigenvalue weighted by molar-refractivity contribution is 7.25. The third kappa shape index (κ3) is 2.71. The van der Waals surface area contributed by atoms with Crippen LogP contribution in [-0.4, -0.2) is 0 Å².